The van der Waals surface area contributed by atoms with E-state index in [1.54, 1.807) is 7.11 Å². The van der Waals surface area contributed by atoms with Crippen molar-refractivity contribution in [1.29, 1.82) is 0 Å². The number of carbonyl (C=O) groups is 1. The molecule has 0 spiro atoms. The van der Waals surface area contributed by atoms with Gasteiger partial charge in [-0.15, -0.1) is 0 Å². The SMILES string of the molecule is CCC(COC)NC(=O)c1n[nH]c2c1CNCC2. The number of fused-ring (bicyclic) bond motifs is 1. The molecule has 6 nitrogen and oxygen atoms in total. The van der Waals surface area contributed by atoms with Gasteiger partial charge in [0.15, 0.2) is 5.69 Å². The van der Waals surface area contributed by atoms with Crippen molar-refractivity contribution in [2.75, 3.05) is 20.3 Å². The summed E-state index contributed by atoms with van der Waals surface area (Å²) in [6.07, 6.45) is 1.73. The molecule has 0 radical (unpaired) electrons. The highest BCUT2D eigenvalue weighted by Crippen LogP contribution is 2.15. The number of ether oxygens (including phenoxy) is 1. The van der Waals surface area contributed by atoms with E-state index in [9.17, 15) is 4.79 Å². The largest absolute Gasteiger partial charge is 0.383 e. The standard InChI is InChI=1S/C12H20N4O2/c1-3-8(7-18-2)14-12(17)11-9-6-13-5-4-10(9)15-16-11/h8,13H,3-7H2,1-2H3,(H,14,17)(H,15,16). The minimum absolute atomic E-state index is 0.0337. The summed E-state index contributed by atoms with van der Waals surface area (Å²) in [7, 11) is 1.63. The lowest BCUT2D eigenvalue weighted by Crippen LogP contribution is -2.38. The smallest absolute Gasteiger partial charge is 0.272 e. The summed E-state index contributed by atoms with van der Waals surface area (Å²) in [6, 6.07) is 0.0337. The number of aromatic amines is 1. The molecule has 0 fully saturated rings. The van der Waals surface area contributed by atoms with E-state index in [0.717, 1.165) is 30.6 Å². The number of methoxy groups -OCH3 is 1. The third kappa shape index (κ3) is 2.70. The lowest BCUT2D eigenvalue weighted by molar-refractivity contribution is 0.0888. The zero-order chi connectivity index (χ0) is 13.0. The van der Waals surface area contributed by atoms with E-state index in [2.05, 4.69) is 20.8 Å². The van der Waals surface area contributed by atoms with Gasteiger partial charge in [-0.2, -0.15) is 5.10 Å². The average molecular weight is 252 g/mol. The molecule has 0 aliphatic carbocycles. The highest BCUT2D eigenvalue weighted by atomic mass is 16.5. The minimum atomic E-state index is -0.125. The van der Waals surface area contributed by atoms with Crippen LogP contribution < -0.4 is 10.6 Å². The normalized spacial score (nSPS) is 16.1. The van der Waals surface area contributed by atoms with Crippen molar-refractivity contribution in [3.63, 3.8) is 0 Å². The number of carbonyl (C=O) groups excluding carboxylic acids is 1. The van der Waals surface area contributed by atoms with Gasteiger partial charge >= 0.3 is 0 Å². The van der Waals surface area contributed by atoms with Gasteiger partial charge in [0.05, 0.1) is 12.6 Å². The monoisotopic (exact) mass is 252 g/mol. The molecule has 1 aromatic heterocycles. The molecule has 0 saturated carbocycles. The second-order valence-electron chi connectivity index (χ2n) is 4.49. The molecular formula is C12H20N4O2. The van der Waals surface area contributed by atoms with Gasteiger partial charge in [-0.3, -0.25) is 9.89 Å². The highest BCUT2D eigenvalue weighted by molar-refractivity contribution is 5.94. The van der Waals surface area contributed by atoms with E-state index < -0.39 is 0 Å². The van der Waals surface area contributed by atoms with Crippen LogP contribution in [0.3, 0.4) is 0 Å². The summed E-state index contributed by atoms with van der Waals surface area (Å²) in [4.78, 5) is 12.1. The summed E-state index contributed by atoms with van der Waals surface area (Å²) in [6.45, 7) is 4.17. The number of rotatable bonds is 5. The van der Waals surface area contributed by atoms with Crippen molar-refractivity contribution >= 4 is 5.91 Å². The number of H-pyrrole nitrogens is 1. The van der Waals surface area contributed by atoms with Crippen LogP contribution in [0.15, 0.2) is 0 Å². The van der Waals surface area contributed by atoms with Crippen LogP contribution in [-0.4, -0.2) is 42.4 Å². The van der Waals surface area contributed by atoms with Crippen LogP contribution >= 0.6 is 0 Å². The van der Waals surface area contributed by atoms with Gasteiger partial charge in [0.1, 0.15) is 0 Å². The summed E-state index contributed by atoms with van der Waals surface area (Å²) in [5.41, 5.74) is 2.57. The third-order valence-corrected chi connectivity index (χ3v) is 3.22. The number of amides is 1. The highest BCUT2D eigenvalue weighted by Gasteiger charge is 2.22. The quantitative estimate of drug-likeness (QED) is 0.700. The molecule has 6 heteroatoms. The Kier molecular flexibility index (Phi) is 4.33. The summed E-state index contributed by atoms with van der Waals surface area (Å²) < 4.78 is 5.07. The molecule has 3 N–H and O–H groups in total. The molecule has 0 bridgehead atoms. The van der Waals surface area contributed by atoms with Crippen LogP contribution in [0.2, 0.25) is 0 Å². The van der Waals surface area contributed by atoms with E-state index in [1.807, 2.05) is 6.92 Å². The van der Waals surface area contributed by atoms with Crippen LogP contribution in [0, 0.1) is 0 Å². The average Bonchev–Trinajstić information content (AvgIpc) is 2.82. The van der Waals surface area contributed by atoms with Gasteiger partial charge in [-0.25, -0.2) is 0 Å². The number of hydrogen-bond donors (Lipinski definition) is 3. The second kappa shape index (κ2) is 5.97. The maximum Gasteiger partial charge on any atom is 0.272 e. The van der Waals surface area contributed by atoms with E-state index in [0.29, 0.717) is 18.8 Å². The molecule has 1 aliphatic heterocycles. The van der Waals surface area contributed by atoms with Crippen LogP contribution in [0.1, 0.15) is 35.1 Å². The predicted octanol–water partition coefficient (Wildman–Crippen LogP) is 0.210. The Morgan fingerprint density at radius 1 is 1.61 bits per heavy atom. The summed E-state index contributed by atoms with van der Waals surface area (Å²) in [5.74, 6) is -0.125. The maximum absolute atomic E-state index is 12.1. The lowest BCUT2D eigenvalue weighted by Gasteiger charge is -2.16. The van der Waals surface area contributed by atoms with Crippen molar-refractivity contribution < 1.29 is 9.53 Å². The molecule has 1 aromatic rings. The Balaban J connectivity index is 2.06. The zero-order valence-electron chi connectivity index (χ0n) is 10.9. The Morgan fingerprint density at radius 2 is 2.44 bits per heavy atom. The third-order valence-electron chi connectivity index (χ3n) is 3.22. The van der Waals surface area contributed by atoms with Crippen LogP contribution in [0.4, 0.5) is 0 Å². The minimum Gasteiger partial charge on any atom is -0.383 e. The van der Waals surface area contributed by atoms with E-state index in [-0.39, 0.29) is 11.9 Å². The fraction of sp³-hybridized carbons (Fsp3) is 0.667. The van der Waals surface area contributed by atoms with E-state index in [4.69, 9.17) is 4.74 Å². The molecule has 18 heavy (non-hydrogen) atoms. The predicted molar refractivity (Wildman–Crippen MR) is 67.4 cm³/mol. The number of aromatic nitrogens is 2. The molecule has 1 unspecified atom stereocenters. The number of nitrogens with one attached hydrogen (secondary N) is 3. The van der Waals surface area contributed by atoms with Gasteiger partial charge in [-0.05, 0) is 6.42 Å². The first-order chi connectivity index (χ1) is 8.76. The van der Waals surface area contributed by atoms with Crippen molar-refractivity contribution in [1.82, 2.24) is 20.8 Å². The Morgan fingerprint density at radius 3 is 3.17 bits per heavy atom. The van der Waals surface area contributed by atoms with Crippen molar-refractivity contribution in [2.24, 2.45) is 0 Å². The van der Waals surface area contributed by atoms with Crippen LogP contribution in [0.5, 0.6) is 0 Å². The molecule has 1 atom stereocenters. The van der Waals surface area contributed by atoms with E-state index in [1.165, 1.54) is 0 Å². The summed E-state index contributed by atoms with van der Waals surface area (Å²) >= 11 is 0. The first kappa shape index (κ1) is 13.0. The zero-order valence-corrected chi connectivity index (χ0v) is 10.9. The molecule has 1 aliphatic rings. The Bertz CT molecular complexity index is 416. The maximum atomic E-state index is 12.1. The fourth-order valence-electron chi connectivity index (χ4n) is 2.13. The topological polar surface area (TPSA) is 79.0 Å². The molecule has 0 aromatic carbocycles. The molecule has 1 amide bonds. The van der Waals surface area contributed by atoms with Gasteiger partial charge in [0.25, 0.3) is 5.91 Å². The molecule has 0 saturated heterocycles. The number of hydrogen-bond acceptors (Lipinski definition) is 4. The molecular weight excluding hydrogens is 232 g/mol. The first-order valence-electron chi connectivity index (χ1n) is 6.32. The van der Waals surface area contributed by atoms with Gasteiger partial charge in [0.2, 0.25) is 0 Å². The van der Waals surface area contributed by atoms with Crippen LogP contribution in [-0.2, 0) is 17.7 Å². The molecule has 100 valence electrons. The molecule has 2 rings (SSSR count). The summed E-state index contributed by atoms with van der Waals surface area (Å²) in [5, 5.41) is 13.3. The van der Waals surface area contributed by atoms with Gasteiger partial charge in [-0.1, -0.05) is 6.92 Å². The van der Waals surface area contributed by atoms with Gasteiger partial charge < -0.3 is 15.4 Å². The van der Waals surface area contributed by atoms with Gasteiger partial charge in [0, 0.05) is 37.9 Å². The van der Waals surface area contributed by atoms with Crippen LogP contribution in [0.25, 0.3) is 0 Å². The van der Waals surface area contributed by atoms with Crippen molar-refractivity contribution in [3.8, 4) is 0 Å². The lowest BCUT2D eigenvalue weighted by atomic mass is 10.1. The van der Waals surface area contributed by atoms with Crippen molar-refractivity contribution in [2.45, 2.75) is 32.4 Å². The first-order valence-corrected chi connectivity index (χ1v) is 6.32. The Hall–Kier alpha value is -1.40. The second-order valence-corrected chi connectivity index (χ2v) is 4.49. The molecule has 2 heterocycles. The number of nitrogens with zero attached hydrogens (tertiary/aromatic N) is 1. The van der Waals surface area contributed by atoms with Crippen molar-refractivity contribution in [3.05, 3.63) is 17.0 Å². The Labute approximate surface area is 106 Å². The van der Waals surface area contributed by atoms with E-state index >= 15 is 0 Å². The fourth-order valence-corrected chi connectivity index (χ4v) is 2.13.